The van der Waals surface area contributed by atoms with Crippen molar-refractivity contribution in [2.75, 3.05) is 6.67 Å². The van der Waals surface area contributed by atoms with Crippen molar-refractivity contribution in [2.24, 2.45) is 0 Å². The van der Waals surface area contributed by atoms with Crippen molar-refractivity contribution in [3.63, 3.8) is 0 Å². The topological polar surface area (TPSA) is 6.48 Å². The minimum absolute atomic E-state index is 0.848. The quantitative estimate of drug-likeness (QED) is 0.709. The maximum Gasteiger partial charge on any atom is 0.0516 e. The molecule has 0 aromatic heterocycles. The maximum atomic E-state index is 2.84. The SMILES string of the molecule is CC[C@H]1CC[C@H](CC)N1CN1[C@@H](CC)CC[C@@H]1CC. The molecule has 0 radical (unpaired) electrons. The van der Waals surface area contributed by atoms with Crippen molar-refractivity contribution in [3.8, 4) is 0 Å². The zero-order valence-electron chi connectivity index (χ0n) is 13.6. The van der Waals surface area contributed by atoms with E-state index in [1.165, 1.54) is 58.0 Å². The Morgan fingerprint density at radius 2 is 0.842 bits per heavy atom. The van der Waals surface area contributed by atoms with Crippen LogP contribution in [0.2, 0.25) is 0 Å². The third kappa shape index (κ3) is 3.16. The van der Waals surface area contributed by atoms with Gasteiger partial charge >= 0.3 is 0 Å². The first kappa shape index (κ1) is 15.3. The van der Waals surface area contributed by atoms with Crippen molar-refractivity contribution in [1.29, 1.82) is 0 Å². The highest BCUT2D eigenvalue weighted by Crippen LogP contribution is 2.33. The summed E-state index contributed by atoms with van der Waals surface area (Å²) in [4.78, 5) is 5.69. The van der Waals surface area contributed by atoms with Gasteiger partial charge in [-0.05, 0) is 51.4 Å². The highest BCUT2D eigenvalue weighted by molar-refractivity contribution is 4.91. The van der Waals surface area contributed by atoms with E-state index in [0.717, 1.165) is 24.2 Å². The summed E-state index contributed by atoms with van der Waals surface area (Å²) in [6.45, 7) is 10.7. The first-order valence-corrected chi connectivity index (χ1v) is 8.76. The van der Waals surface area contributed by atoms with Gasteiger partial charge in [-0.25, -0.2) is 0 Å². The third-order valence-corrected chi connectivity index (χ3v) is 5.75. The van der Waals surface area contributed by atoms with Crippen LogP contribution in [0, 0.1) is 0 Å². The van der Waals surface area contributed by atoms with Gasteiger partial charge in [0, 0.05) is 24.2 Å². The first-order valence-electron chi connectivity index (χ1n) is 8.76. The Kier molecular flexibility index (Phi) is 5.70. The fourth-order valence-electron chi connectivity index (χ4n) is 4.43. The number of hydrogen-bond acceptors (Lipinski definition) is 2. The minimum Gasteiger partial charge on any atom is -0.285 e. The van der Waals surface area contributed by atoms with Gasteiger partial charge in [0.1, 0.15) is 0 Å². The van der Waals surface area contributed by atoms with Crippen LogP contribution >= 0.6 is 0 Å². The Morgan fingerprint density at radius 1 is 0.579 bits per heavy atom. The van der Waals surface area contributed by atoms with Crippen LogP contribution in [0.4, 0.5) is 0 Å². The van der Waals surface area contributed by atoms with E-state index in [1.54, 1.807) is 0 Å². The number of hydrogen-bond donors (Lipinski definition) is 0. The second-order valence-electron chi connectivity index (χ2n) is 6.57. The average Bonchev–Trinajstić information content (AvgIpc) is 3.02. The second-order valence-corrected chi connectivity index (χ2v) is 6.57. The molecule has 2 aliphatic heterocycles. The predicted octanol–water partition coefficient (Wildman–Crippen LogP) is 4.25. The molecular formula is C17H34N2. The summed E-state index contributed by atoms with van der Waals surface area (Å²) in [5, 5.41) is 0. The summed E-state index contributed by atoms with van der Waals surface area (Å²) >= 11 is 0. The molecule has 2 fully saturated rings. The Labute approximate surface area is 120 Å². The molecule has 112 valence electrons. The summed E-state index contributed by atoms with van der Waals surface area (Å²) in [5.41, 5.74) is 0. The molecule has 0 amide bonds. The molecule has 0 saturated carbocycles. The van der Waals surface area contributed by atoms with Gasteiger partial charge in [0.2, 0.25) is 0 Å². The van der Waals surface area contributed by atoms with Crippen LogP contribution in [0.5, 0.6) is 0 Å². The van der Waals surface area contributed by atoms with Crippen LogP contribution in [-0.2, 0) is 0 Å². The molecule has 2 nitrogen and oxygen atoms in total. The second kappa shape index (κ2) is 7.08. The summed E-state index contributed by atoms with van der Waals surface area (Å²) < 4.78 is 0. The standard InChI is InChI=1S/C17H34N2/c1-5-14-9-10-15(6-2)18(14)13-19-16(7-3)11-12-17(19)8-4/h14-17H,5-13H2,1-4H3/t14-,15-,16-,17-/m0/s1. The van der Waals surface area contributed by atoms with E-state index in [-0.39, 0.29) is 0 Å². The van der Waals surface area contributed by atoms with Gasteiger partial charge in [-0.15, -0.1) is 0 Å². The smallest absolute Gasteiger partial charge is 0.0516 e. The van der Waals surface area contributed by atoms with Gasteiger partial charge in [-0.2, -0.15) is 0 Å². The average molecular weight is 266 g/mol. The van der Waals surface area contributed by atoms with E-state index in [9.17, 15) is 0 Å². The molecule has 2 aliphatic rings. The number of likely N-dealkylation sites (tertiary alicyclic amines) is 2. The zero-order chi connectivity index (χ0) is 13.8. The fraction of sp³-hybridized carbons (Fsp3) is 1.00. The van der Waals surface area contributed by atoms with E-state index in [4.69, 9.17) is 0 Å². The molecule has 0 bridgehead atoms. The van der Waals surface area contributed by atoms with Crippen molar-refractivity contribution in [1.82, 2.24) is 9.80 Å². The summed E-state index contributed by atoms with van der Waals surface area (Å²) in [5.74, 6) is 0. The number of rotatable bonds is 6. The zero-order valence-corrected chi connectivity index (χ0v) is 13.6. The van der Waals surface area contributed by atoms with Gasteiger partial charge in [-0.3, -0.25) is 9.80 Å². The molecule has 0 N–H and O–H groups in total. The van der Waals surface area contributed by atoms with Gasteiger partial charge in [0.25, 0.3) is 0 Å². The van der Waals surface area contributed by atoms with Crippen LogP contribution in [-0.4, -0.2) is 40.6 Å². The number of nitrogens with zero attached hydrogens (tertiary/aromatic N) is 2. The van der Waals surface area contributed by atoms with Crippen LogP contribution in [0.3, 0.4) is 0 Å². The lowest BCUT2D eigenvalue weighted by atomic mass is 10.1. The van der Waals surface area contributed by atoms with E-state index in [2.05, 4.69) is 37.5 Å². The molecule has 19 heavy (non-hydrogen) atoms. The molecule has 0 aromatic carbocycles. The first-order chi connectivity index (χ1) is 9.24. The Hall–Kier alpha value is -0.0800. The normalized spacial score (nSPS) is 37.3. The van der Waals surface area contributed by atoms with Crippen molar-refractivity contribution >= 4 is 0 Å². The van der Waals surface area contributed by atoms with Crippen LogP contribution < -0.4 is 0 Å². The van der Waals surface area contributed by atoms with Gasteiger partial charge in [-0.1, -0.05) is 27.7 Å². The largest absolute Gasteiger partial charge is 0.285 e. The third-order valence-electron chi connectivity index (χ3n) is 5.75. The lowest BCUT2D eigenvalue weighted by Crippen LogP contribution is -2.48. The van der Waals surface area contributed by atoms with Gasteiger partial charge in [0.05, 0.1) is 6.67 Å². The van der Waals surface area contributed by atoms with E-state index in [0.29, 0.717) is 0 Å². The minimum atomic E-state index is 0.848. The molecule has 2 saturated heterocycles. The van der Waals surface area contributed by atoms with Crippen LogP contribution in [0.25, 0.3) is 0 Å². The van der Waals surface area contributed by atoms with Crippen molar-refractivity contribution in [2.45, 2.75) is 103 Å². The summed E-state index contributed by atoms with van der Waals surface area (Å²) in [7, 11) is 0. The molecular weight excluding hydrogens is 232 g/mol. The molecule has 0 unspecified atom stereocenters. The van der Waals surface area contributed by atoms with E-state index in [1.807, 2.05) is 0 Å². The summed E-state index contributed by atoms with van der Waals surface area (Å²) in [6, 6.07) is 3.39. The van der Waals surface area contributed by atoms with E-state index >= 15 is 0 Å². The van der Waals surface area contributed by atoms with Crippen LogP contribution in [0.1, 0.15) is 79.1 Å². The molecule has 0 aliphatic carbocycles. The Bertz CT molecular complexity index is 216. The van der Waals surface area contributed by atoms with Crippen molar-refractivity contribution < 1.29 is 0 Å². The van der Waals surface area contributed by atoms with Gasteiger partial charge < -0.3 is 0 Å². The Balaban J connectivity index is 2.03. The van der Waals surface area contributed by atoms with Crippen LogP contribution in [0.15, 0.2) is 0 Å². The lowest BCUT2D eigenvalue weighted by molar-refractivity contribution is 0.0502. The fourth-order valence-corrected chi connectivity index (χ4v) is 4.43. The highest BCUT2D eigenvalue weighted by Gasteiger charge is 2.37. The molecule has 2 rings (SSSR count). The van der Waals surface area contributed by atoms with Crippen molar-refractivity contribution in [3.05, 3.63) is 0 Å². The lowest BCUT2D eigenvalue weighted by Gasteiger charge is -2.38. The summed E-state index contributed by atoms with van der Waals surface area (Å²) in [6.07, 6.45) is 11.0. The van der Waals surface area contributed by atoms with E-state index < -0.39 is 0 Å². The Morgan fingerprint density at radius 3 is 1.05 bits per heavy atom. The molecule has 2 heterocycles. The highest BCUT2D eigenvalue weighted by atomic mass is 15.4. The monoisotopic (exact) mass is 266 g/mol. The van der Waals surface area contributed by atoms with Gasteiger partial charge in [0.15, 0.2) is 0 Å². The molecule has 0 aromatic rings. The molecule has 4 atom stereocenters. The molecule has 0 spiro atoms. The predicted molar refractivity (Wildman–Crippen MR) is 83.3 cm³/mol. The maximum absolute atomic E-state index is 2.84. The molecule has 2 heteroatoms.